The van der Waals surface area contributed by atoms with Gasteiger partial charge in [0.15, 0.2) is 0 Å². The van der Waals surface area contributed by atoms with Gasteiger partial charge < -0.3 is 5.73 Å². The van der Waals surface area contributed by atoms with Gasteiger partial charge in [-0.2, -0.15) is 5.10 Å². The van der Waals surface area contributed by atoms with Gasteiger partial charge in [0.05, 0.1) is 22.3 Å². The summed E-state index contributed by atoms with van der Waals surface area (Å²) in [5.74, 6) is 0. The molecule has 0 amide bonds. The Morgan fingerprint density at radius 3 is 2.55 bits per heavy atom. The molecule has 0 aliphatic carbocycles. The van der Waals surface area contributed by atoms with Gasteiger partial charge in [-0.3, -0.25) is 4.68 Å². The van der Waals surface area contributed by atoms with Crippen molar-refractivity contribution in [1.82, 2.24) is 9.78 Å². The summed E-state index contributed by atoms with van der Waals surface area (Å²) in [5.41, 5.74) is 10.3. The zero-order chi connectivity index (χ0) is 14.7. The molecule has 0 saturated heterocycles. The molecular formula is C15H19Cl2N3. The van der Waals surface area contributed by atoms with Crippen molar-refractivity contribution in [2.75, 3.05) is 0 Å². The molecule has 3 nitrogen and oxygen atoms in total. The van der Waals surface area contributed by atoms with Crippen LogP contribution < -0.4 is 5.73 Å². The first-order chi connectivity index (χ1) is 9.62. The Bertz CT molecular complexity index is 605. The van der Waals surface area contributed by atoms with E-state index < -0.39 is 0 Å². The molecule has 0 radical (unpaired) electrons. The van der Waals surface area contributed by atoms with Gasteiger partial charge in [0, 0.05) is 17.8 Å². The Morgan fingerprint density at radius 2 is 1.95 bits per heavy atom. The Hall–Kier alpha value is -1.03. The normalized spacial score (nSPS) is 11.1. The third kappa shape index (κ3) is 2.85. The molecule has 1 heterocycles. The van der Waals surface area contributed by atoms with Crippen LogP contribution in [0.3, 0.4) is 0 Å². The van der Waals surface area contributed by atoms with E-state index in [1.54, 1.807) is 6.07 Å². The molecule has 0 aliphatic heterocycles. The molecule has 1 aromatic carbocycles. The van der Waals surface area contributed by atoms with Gasteiger partial charge in [-0.15, -0.1) is 0 Å². The molecule has 0 fully saturated rings. The van der Waals surface area contributed by atoms with Crippen LogP contribution in [0.25, 0.3) is 0 Å². The number of aryl methyl sites for hydroxylation is 1. The lowest BCUT2D eigenvalue weighted by Crippen LogP contribution is -2.08. The Balaban J connectivity index is 2.43. The van der Waals surface area contributed by atoms with Crippen LogP contribution in [-0.2, 0) is 25.9 Å². The van der Waals surface area contributed by atoms with Crippen molar-refractivity contribution in [3.63, 3.8) is 0 Å². The van der Waals surface area contributed by atoms with Gasteiger partial charge in [-0.05, 0) is 24.5 Å². The van der Waals surface area contributed by atoms with E-state index in [0.29, 0.717) is 23.1 Å². The van der Waals surface area contributed by atoms with E-state index in [2.05, 4.69) is 18.9 Å². The van der Waals surface area contributed by atoms with Crippen LogP contribution in [0.4, 0.5) is 0 Å². The number of nitrogens with zero attached hydrogens (tertiary/aromatic N) is 2. The lowest BCUT2D eigenvalue weighted by molar-refractivity contribution is 0.639. The Labute approximate surface area is 129 Å². The second-order valence-electron chi connectivity index (χ2n) is 4.65. The number of hydrogen-bond acceptors (Lipinski definition) is 2. The van der Waals surface area contributed by atoms with Crippen LogP contribution in [0.2, 0.25) is 10.0 Å². The number of benzene rings is 1. The van der Waals surface area contributed by atoms with Crippen molar-refractivity contribution in [1.29, 1.82) is 0 Å². The van der Waals surface area contributed by atoms with Crippen molar-refractivity contribution in [2.24, 2.45) is 5.73 Å². The fourth-order valence-corrected chi connectivity index (χ4v) is 2.85. The number of halogens is 2. The highest BCUT2D eigenvalue weighted by Gasteiger charge is 2.15. The summed E-state index contributed by atoms with van der Waals surface area (Å²) in [6.07, 6.45) is 1.79. The second-order valence-corrected chi connectivity index (χ2v) is 5.44. The predicted octanol–water partition coefficient (Wildman–Crippen LogP) is 3.82. The average molecular weight is 312 g/mol. The molecule has 0 aliphatic rings. The minimum Gasteiger partial charge on any atom is -0.326 e. The smallest absolute Gasteiger partial charge is 0.0677 e. The van der Waals surface area contributed by atoms with E-state index in [4.69, 9.17) is 28.9 Å². The molecule has 2 N–H and O–H groups in total. The number of hydrogen-bond donors (Lipinski definition) is 1. The zero-order valence-electron chi connectivity index (χ0n) is 11.8. The maximum absolute atomic E-state index is 6.26. The lowest BCUT2D eigenvalue weighted by atomic mass is 10.1. The highest BCUT2D eigenvalue weighted by Crippen LogP contribution is 2.27. The summed E-state index contributed by atoms with van der Waals surface area (Å²) in [7, 11) is 0. The fourth-order valence-electron chi connectivity index (χ4n) is 2.47. The SMILES string of the molecule is CCc1nn(Cc2cccc(Cl)c2Cl)c(CC)c1CN. The van der Waals surface area contributed by atoms with Crippen molar-refractivity contribution in [3.8, 4) is 0 Å². The topological polar surface area (TPSA) is 43.8 Å². The van der Waals surface area contributed by atoms with Gasteiger partial charge in [0.2, 0.25) is 0 Å². The second kappa shape index (κ2) is 6.61. The van der Waals surface area contributed by atoms with Gasteiger partial charge in [-0.25, -0.2) is 0 Å². The predicted molar refractivity (Wildman–Crippen MR) is 84.4 cm³/mol. The maximum atomic E-state index is 6.26. The van der Waals surface area contributed by atoms with Crippen LogP contribution in [-0.4, -0.2) is 9.78 Å². The van der Waals surface area contributed by atoms with E-state index in [1.165, 1.54) is 5.69 Å². The average Bonchev–Trinajstić information content (AvgIpc) is 2.80. The van der Waals surface area contributed by atoms with E-state index in [-0.39, 0.29) is 0 Å². The minimum atomic E-state index is 0.523. The molecular weight excluding hydrogens is 293 g/mol. The summed E-state index contributed by atoms with van der Waals surface area (Å²) >= 11 is 12.3. The van der Waals surface area contributed by atoms with Crippen molar-refractivity contribution in [3.05, 3.63) is 50.8 Å². The third-order valence-electron chi connectivity index (χ3n) is 3.48. The van der Waals surface area contributed by atoms with Gasteiger partial charge >= 0.3 is 0 Å². The number of nitrogens with two attached hydrogens (primary N) is 1. The van der Waals surface area contributed by atoms with Crippen LogP contribution in [0.5, 0.6) is 0 Å². The maximum Gasteiger partial charge on any atom is 0.0677 e. The fraction of sp³-hybridized carbons (Fsp3) is 0.400. The van der Waals surface area contributed by atoms with Crippen molar-refractivity contribution >= 4 is 23.2 Å². The van der Waals surface area contributed by atoms with E-state index in [0.717, 1.165) is 29.7 Å². The van der Waals surface area contributed by atoms with Crippen LogP contribution in [0, 0.1) is 0 Å². The first-order valence-corrected chi connectivity index (χ1v) is 7.58. The summed E-state index contributed by atoms with van der Waals surface area (Å²) in [5, 5.41) is 5.84. The summed E-state index contributed by atoms with van der Waals surface area (Å²) < 4.78 is 2.00. The van der Waals surface area contributed by atoms with E-state index in [9.17, 15) is 0 Å². The lowest BCUT2D eigenvalue weighted by Gasteiger charge is -2.09. The first-order valence-electron chi connectivity index (χ1n) is 6.82. The molecule has 5 heteroatoms. The molecule has 20 heavy (non-hydrogen) atoms. The molecule has 108 valence electrons. The van der Waals surface area contributed by atoms with Crippen LogP contribution in [0.15, 0.2) is 18.2 Å². The van der Waals surface area contributed by atoms with Gasteiger partial charge in [0.25, 0.3) is 0 Å². The molecule has 0 bridgehead atoms. The summed E-state index contributed by atoms with van der Waals surface area (Å²) in [4.78, 5) is 0. The highest BCUT2D eigenvalue weighted by molar-refractivity contribution is 6.42. The van der Waals surface area contributed by atoms with Crippen LogP contribution >= 0.6 is 23.2 Å². The minimum absolute atomic E-state index is 0.523. The monoisotopic (exact) mass is 311 g/mol. The molecule has 0 unspecified atom stereocenters. The molecule has 2 rings (SSSR count). The van der Waals surface area contributed by atoms with Crippen molar-refractivity contribution < 1.29 is 0 Å². The molecule has 1 aromatic heterocycles. The first kappa shape index (κ1) is 15.4. The summed E-state index contributed by atoms with van der Waals surface area (Å²) in [6.45, 7) is 5.36. The van der Waals surface area contributed by atoms with Crippen molar-refractivity contribution in [2.45, 2.75) is 39.8 Å². The number of aromatic nitrogens is 2. The standard InChI is InChI=1S/C15H19Cl2N3/c1-3-13-11(8-18)14(4-2)20(19-13)9-10-6-5-7-12(16)15(10)17/h5-7H,3-4,8-9,18H2,1-2H3. The van der Waals surface area contributed by atoms with E-state index >= 15 is 0 Å². The number of rotatable bonds is 5. The quantitative estimate of drug-likeness (QED) is 0.912. The highest BCUT2D eigenvalue weighted by atomic mass is 35.5. The Morgan fingerprint density at radius 1 is 1.20 bits per heavy atom. The Kier molecular flexibility index (Phi) is 5.08. The molecule has 2 aromatic rings. The van der Waals surface area contributed by atoms with Gasteiger partial charge in [-0.1, -0.05) is 49.2 Å². The van der Waals surface area contributed by atoms with E-state index in [1.807, 2.05) is 16.8 Å². The molecule has 0 saturated carbocycles. The van der Waals surface area contributed by atoms with Gasteiger partial charge in [0.1, 0.15) is 0 Å². The third-order valence-corrected chi connectivity index (χ3v) is 4.33. The zero-order valence-corrected chi connectivity index (χ0v) is 13.3. The largest absolute Gasteiger partial charge is 0.326 e. The summed E-state index contributed by atoms with van der Waals surface area (Å²) in [6, 6.07) is 5.67. The van der Waals surface area contributed by atoms with Crippen LogP contribution in [0.1, 0.15) is 36.4 Å². The molecule has 0 atom stereocenters. The molecule has 0 spiro atoms.